The van der Waals surface area contributed by atoms with E-state index in [-0.39, 0.29) is 5.75 Å². The second kappa shape index (κ2) is 5.96. The topological polar surface area (TPSA) is 52.4 Å². The molecule has 9 heteroatoms. The summed E-state index contributed by atoms with van der Waals surface area (Å²) in [6.07, 6.45) is 0. The zero-order chi connectivity index (χ0) is 16.4. The molecular weight excluding hydrogens is 313 g/mol. The lowest BCUT2D eigenvalue weighted by Crippen LogP contribution is -2.10. The number of hydrogen-bond donors (Lipinski definition) is 0. The molecule has 0 fully saturated rings. The van der Waals surface area contributed by atoms with E-state index in [1.54, 1.807) is 0 Å². The summed E-state index contributed by atoms with van der Waals surface area (Å²) >= 11 is 0. The van der Waals surface area contributed by atoms with E-state index >= 15 is 0 Å². The highest BCUT2D eigenvalue weighted by Crippen LogP contribution is 2.29. The smallest absolute Gasteiger partial charge is 0.310 e. The van der Waals surface area contributed by atoms with Crippen LogP contribution in [-0.2, 0) is 6.61 Å². The second-order valence-electron chi connectivity index (χ2n) is 4.06. The van der Waals surface area contributed by atoms with E-state index in [9.17, 15) is 32.1 Å². The highest BCUT2D eigenvalue weighted by atomic mass is 19.2. The number of benzene rings is 2. The van der Waals surface area contributed by atoms with E-state index in [4.69, 9.17) is 4.74 Å². The third-order valence-electron chi connectivity index (χ3n) is 2.73. The molecule has 0 saturated heterocycles. The predicted octanol–water partition coefficient (Wildman–Crippen LogP) is 3.87. The van der Waals surface area contributed by atoms with Gasteiger partial charge < -0.3 is 4.74 Å². The Balaban J connectivity index is 2.36. The highest BCUT2D eigenvalue weighted by molar-refractivity contribution is 5.45. The van der Waals surface area contributed by atoms with Crippen LogP contribution in [0.2, 0.25) is 0 Å². The molecule has 4 nitrogen and oxygen atoms in total. The number of nitro benzene ring substituents is 1. The number of nitrogens with zero attached hydrogens (tertiary/aromatic N) is 1. The summed E-state index contributed by atoms with van der Waals surface area (Å²) in [5.41, 5.74) is -1.72. The van der Waals surface area contributed by atoms with Gasteiger partial charge in [0.2, 0.25) is 5.82 Å². The summed E-state index contributed by atoms with van der Waals surface area (Å²) in [7, 11) is 0. The van der Waals surface area contributed by atoms with Gasteiger partial charge in [-0.1, -0.05) is 12.1 Å². The first-order valence-electron chi connectivity index (χ1n) is 5.71. The van der Waals surface area contributed by atoms with Crippen molar-refractivity contribution >= 4 is 5.69 Å². The van der Waals surface area contributed by atoms with E-state index < -0.39 is 51.9 Å². The minimum Gasteiger partial charge on any atom is -0.482 e. The third-order valence-corrected chi connectivity index (χ3v) is 2.73. The molecule has 116 valence electrons. The maximum Gasteiger partial charge on any atom is 0.310 e. The van der Waals surface area contributed by atoms with E-state index in [0.29, 0.717) is 0 Å². The van der Waals surface area contributed by atoms with E-state index in [1.807, 2.05) is 0 Å². The van der Waals surface area contributed by atoms with Crippen LogP contribution in [0, 0.1) is 39.2 Å². The summed E-state index contributed by atoms with van der Waals surface area (Å²) in [6, 6.07) is 4.86. The lowest BCUT2D eigenvalue weighted by atomic mass is 10.2. The Morgan fingerprint density at radius 2 is 1.41 bits per heavy atom. The van der Waals surface area contributed by atoms with Crippen molar-refractivity contribution in [2.24, 2.45) is 0 Å². The molecule has 0 aliphatic heterocycles. The molecule has 0 aliphatic carbocycles. The van der Waals surface area contributed by atoms with Crippen LogP contribution < -0.4 is 4.74 Å². The van der Waals surface area contributed by atoms with E-state index in [2.05, 4.69) is 0 Å². The molecule has 0 atom stereocenters. The number of para-hydroxylation sites is 2. The number of nitro groups is 1. The largest absolute Gasteiger partial charge is 0.482 e. The molecule has 0 amide bonds. The van der Waals surface area contributed by atoms with Crippen LogP contribution >= 0.6 is 0 Å². The van der Waals surface area contributed by atoms with E-state index in [1.165, 1.54) is 12.1 Å². The molecule has 2 aromatic carbocycles. The zero-order valence-corrected chi connectivity index (χ0v) is 10.6. The van der Waals surface area contributed by atoms with Gasteiger partial charge in [0.1, 0.15) is 6.61 Å². The van der Waals surface area contributed by atoms with Crippen molar-refractivity contribution in [3.8, 4) is 5.75 Å². The maximum absolute atomic E-state index is 13.4. The normalized spacial score (nSPS) is 10.6. The zero-order valence-electron chi connectivity index (χ0n) is 10.6. The van der Waals surface area contributed by atoms with Crippen molar-refractivity contribution < 1.29 is 31.6 Å². The van der Waals surface area contributed by atoms with Gasteiger partial charge in [0.05, 0.1) is 10.5 Å². The fourth-order valence-corrected chi connectivity index (χ4v) is 1.66. The van der Waals surface area contributed by atoms with Crippen LogP contribution in [0.4, 0.5) is 27.6 Å². The number of hydrogen-bond acceptors (Lipinski definition) is 3. The average molecular weight is 319 g/mol. The quantitative estimate of drug-likeness (QED) is 0.283. The van der Waals surface area contributed by atoms with Crippen molar-refractivity contribution in [1.82, 2.24) is 0 Å². The molecule has 0 bridgehead atoms. The highest BCUT2D eigenvalue weighted by Gasteiger charge is 2.26. The van der Waals surface area contributed by atoms with Crippen LogP contribution in [-0.4, -0.2) is 4.92 Å². The summed E-state index contributed by atoms with van der Waals surface area (Å²) in [5.74, 6) is -11.0. The van der Waals surface area contributed by atoms with Crippen LogP contribution in [0.3, 0.4) is 0 Å². The van der Waals surface area contributed by atoms with Crippen molar-refractivity contribution in [2.75, 3.05) is 0 Å². The Morgan fingerprint density at radius 3 is 1.95 bits per heavy atom. The number of ether oxygens (including phenoxy) is 1. The standard InChI is InChI=1S/C13H6F5NO3/c14-9-6(10(15)12(17)13(18)11(9)16)5-22-8-4-2-1-3-7(8)19(20)21/h1-4H,5H2. The number of halogens is 5. The molecule has 0 aromatic heterocycles. The Hall–Kier alpha value is -2.71. The molecule has 2 aromatic rings. The van der Waals surface area contributed by atoms with Gasteiger partial charge in [-0.15, -0.1) is 0 Å². The van der Waals surface area contributed by atoms with Crippen molar-refractivity contribution in [2.45, 2.75) is 6.61 Å². The predicted molar refractivity (Wildman–Crippen MR) is 63.7 cm³/mol. The minimum atomic E-state index is -2.29. The molecule has 22 heavy (non-hydrogen) atoms. The van der Waals surface area contributed by atoms with Crippen molar-refractivity contribution in [1.29, 1.82) is 0 Å². The summed E-state index contributed by atoms with van der Waals surface area (Å²) in [5, 5.41) is 10.7. The molecule has 0 spiro atoms. The van der Waals surface area contributed by atoms with Gasteiger partial charge in [-0.25, -0.2) is 22.0 Å². The fourth-order valence-electron chi connectivity index (χ4n) is 1.66. The van der Waals surface area contributed by atoms with Gasteiger partial charge in [0.25, 0.3) is 0 Å². The molecular formula is C13H6F5NO3. The molecule has 0 heterocycles. The lowest BCUT2D eigenvalue weighted by molar-refractivity contribution is -0.385. The minimum absolute atomic E-state index is 0.364. The van der Waals surface area contributed by atoms with Gasteiger partial charge in [-0.05, 0) is 6.07 Å². The molecule has 0 unspecified atom stereocenters. The molecule has 0 N–H and O–H groups in total. The van der Waals surface area contributed by atoms with Crippen LogP contribution in [0.15, 0.2) is 24.3 Å². The second-order valence-corrected chi connectivity index (χ2v) is 4.06. The summed E-state index contributed by atoms with van der Waals surface area (Å²) in [4.78, 5) is 9.92. The molecule has 0 saturated carbocycles. The molecule has 0 aliphatic rings. The Kier molecular flexibility index (Phi) is 4.25. The Morgan fingerprint density at radius 1 is 0.909 bits per heavy atom. The summed E-state index contributed by atoms with van der Waals surface area (Å²) in [6.45, 7) is -1.06. The first kappa shape index (κ1) is 15.7. The van der Waals surface area contributed by atoms with Crippen LogP contribution in [0.25, 0.3) is 0 Å². The fraction of sp³-hybridized carbons (Fsp3) is 0.0769. The monoisotopic (exact) mass is 319 g/mol. The maximum atomic E-state index is 13.4. The van der Waals surface area contributed by atoms with Crippen LogP contribution in [0.5, 0.6) is 5.75 Å². The Bertz CT molecular complexity index is 722. The first-order chi connectivity index (χ1) is 10.3. The van der Waals surface area contributed by atoms with Gasteiger partial charge >= 0.3 is 5.69 Å². The molecule has 2 rings (SSSR count). The van der Waals surface area contributed by atoms with Crippen molar-refractivity contribution in [3.05, 3.63) is 69.0 Å². The summed E-state index contributed by atoms with van der Waals surface area (Å²) < 4.78 is 70.6. The van der Waals surface area contributed by atoms with Gasteiger partial charge in [0, 0.05) is 6.07 Å². The average Bonchev–Trinajstić information content (AvgIpc) is 2.51. The van der Waals surface area contributed by atoms with E-state index in [0.717, 1.165) is 12.1 Å². The van der Waals surface area contributed by atoms with Gasteiger partial charge in [0.15, 0.2) is 29.0 Å². The van der Waals surface area contributed by atoms with Crippen LogP contribution in [0.1, 0.15) is 5.56 Å². The third kappa shape index (κ3) is 2.69. The van der Waals surface area contributed by atoms with Gasteiger partial charge in [-0.2, -0.15) is 0 Å². The SMILES string of the molecule is O=[N+]([O-])c1ccccc1OCc1c(F)c(F)c(F)c(F)c1F. The first-order valence-corrected chi connectivity index (χ1v) is 5.71. The molecule has 0 radical (unpaired) electrons. The Labute approximate surface area is 119 Å². The van der Waals surface area contributed by atoms with Crippen molar-refractivity contribution in [3.63, 3.8) is 0 Å². The lowest BCUT2D eigenvalue weighted by Gasteiger charge is -2.10. The van der Waals surface area contributed by atoms with Gasteiger partial charge in [-0.3, -0.25) is 10.1 Å². The number of rotatable bonds is 4.